The third-order valence-electron chi connectivity index (χ3n) is 5.55. The van der Waals surface area contributed by atoms with Gasteiger partial charge in [-0.1, -0.05) is 26.8 Å². The van der Waals surface area contributed by atoms with E-state index >= 15 is 0 Å². The Kier molecular flexibility index (Phi) is 5.92. The molecule has 23 heavy (non-hydrogen) atoms. The summed E-state index contributed by atoms with van der Waals surface area (Å²) in [5, 5.41) is 0. The molecule has 0 bridgehead atoms. The molecule has 0 atom stereocenters. The molecule has 2 heterocycles. The molecular weight excluding hydrogens is 300 g/mol. The van der Waals surface area contributed by atoms with Crippen molar-refractivity contribution in [3.8, 4) is 0 Å². The molecule has 2 saturated heterocycles. The third kappa shape index (κ3) is 4.45. The molecule has 128 valence electrons. The van der Waals surface area contributed by atoms with Gasteiger partial charge in [-0.2, -0.15) is 0 Å². The van der Waals surface area contributed by atoms with Crippen molar-refractivity contribution in [2.45, 2.75) is 38.5 Å². The number of piperidine rings is 1. The standard InChI is InChI=1S/C20H32N2S/c1-4-23-20-7-5-6-19(12-20)22-10-8-17(9-11-22)13-21-14-18(15-21)16(2)3/h5-7,12,16-18H,4,8-11,13-15H2,1-3H3. The second-order valence-corrected chi connectivity index (χ2v) is 8.92. The monoisotopic (exact) mass is 332 g/mol. The predicted molar refractivity (Wildman–Crippen MR) is 103 cm³/mol. The summed E-state index contributed by atoms with van der Waals surface area (Å²) in [6, 6.07) is 9.10. The summed E-state index contributed by atoms with van der Waals surface area (Å²) in [7, 11) is 0. The molecule has 0 N–H and O–H groups in total. The van der Waals surface area contributed by atoms with Crippen LogP contribution in [0, 0.1) is 17.8 Å². The van der Waals surface area contributed by atoms with Gasteiger partial charge in [0, 0.05) is 43.3 Å². The zero-order valence-electron chi connectivity index (χ0n) is 15.0. The highest BCUT2D eigenvalue weighted by molar-refractivity contribution is 7.99. The van der Waals surface area contributed by atoms with Crippen molar-refractivity contribution in [2.24, 2.45) is 17.8 Å². The van der Waals surface area contributed by atoms with Crippen LogP contribution in [0.1, 0.15) is 33.6 Å². The van der Waals surface area contributed by atoms with Crippen molar-refractivity contribution in [3.63, 3.8) is 0 Å². The van der Waals surface area contributed by atoms with E-state index in [1.54, 1.807) is 0 Å². The topological polar surface area (TPSA) is 6.48 Å². The maximum atomic E-state index is 2.68. The molecule has 2 fully saturated rings. The summed E-state index contributed by atoms with van der Waals surface area (Å²) in [5.74, 6) is 3.88. The van der Waals surface area contributed by atoms with Crippen LogP contribution in [-0.2, 0) is 0 Å². The molecule has 0 saturated carbocycles. The average Bonchev–Trinajstić information content (AvgIpc) is 2.51. The van der Waals surface area contributed by atoms with Crippen LogP contribution < -0.4 is 4.90 Å². The zero-order chi connectivity index (χ0) is 16.2. The van der Waals surface area contributed by atoms with Gasteiger partial charge in [0.15, 0.2) is 0 Å². The lowest BCUT2D eigenvalue weighted by atomic mass is 9.86. The lowest BCUT2D eigenvalue weighted by Gasteiger charge is -2.44. The van der Waals surface area contributed by atoms with Crippen LogP contribution in [-0.4, -0.2) is 43.4 Å². The van der Waals surface area contributed by atoms with Crippen LogP contribution in [0.3, 0.4) is 0 Å². The van der Waals surface area contributed by atoms with E-state index in [4.69, 9.17) is 0 Å². The van der Waals surface area contributed by atoms with Crippen LogP contribution in [0.2, 0.25) is 0 Å². The summed E-state index contributed by atoms with van der Waals surface area (Å²) in [6.45, 7) is 13.4. The Morgan fingerprint density at radius 2 is 1.91 bits per heavy atom. The van der Waals surface area contributed by atoms with Gasteiger partial charge in [-0.15, -0.1) is 11.8 Å². The quantitative estimate of drug-likeness (QED) is 0.703. The van der Waals surface area contributed by atoms with Crippen molar-refractivity contribution < 1.29 is 0 Å². The number of rotatable bonds is 6. The summed E-state index contributed by atoms with van der Waals surface area (Å²) >= 11 is 1.94. The van der Waals surface area contributed by atoms with Gasteiger partial charge in [0.2, 0.25) is 0 Å². The maximum absolute atomic E-state index is 2.68. The number of likely N-dealkylation sites (tertiary alicyclic amines) is 1. The highest BCUT2D eigenvalue weighted by Crippen LogP contribution is 2.30. The fraction of sp³-hybridized carbons (Fsp3) is 0.700. The first kappa shape index (κ1) is 17.2. The Morgan fingerprint density at radius 1 is 1.17 bits per heavy atom. The van der Waals surface area contributed by atoms with Crippen molar-refractivity contribution in [1.82, 2.24) is 4.90 Å². The van der Waals surface area contributed by atoms with E-state index in [1.165, 1.54) is 56.1 Å². The van der Waals surface area contributed by atoms with Crippen LogP contribution in [0.25, 0.3) is 0 Å². The van der Waals surface area contributed by atoms with Gasteiger partial charge in [0.05, 0.1) is 0 Å². The first-order chi connectivity index (χ1) is 11.2. The predicted octanol–water partition coefficient (Wildman–Crippen LogP) is 4.60. The molecule has 0 spiro atoms. The van der Waals surface area contributed by atoms with Crippen molar-refractivity contribution in [3.05, 3.63) is 24.3 Å². The molecule has 1 aromatic carbocycles. The van der Waals surface area contributed by atoms with E-state index in [9.17, 15) is 0 Å². The summed E-state index contributed by atoms with van der Waals surface area (Å²) in [4.78, 5) is 6.68. The fourth-order valence-electron chi connectivity index (χ4n) is 3.86. The first-order valence-corrected chi connectivity index (χ1v) is 10.3. The van der Waals surface area contributed by atoms with E-state index in [0.717, 1.165) is 23.5 Å². The minimum absolute atomic E-state index is 0.862. The number of thioether (sulfide) groups is 1. The number of benzene rings is 1. The highest BCUT2D eigenvalue weighted by atomic mass is 32.2. The van der Waals surface area contributed by atoms with Gasteiger partial charge < -0.3 is 9.80 Å². The van der Waals surface area contributed by atoms with Crippen LogP contribution in [0.4, 0.5) is 5.69 Å². The van der Waals surface area contributed by atoms with Gasteiger partial charge in [0.25, 0.3) is 0 Å². The SMILES string of the molecule is CCSc1cccc(N2CCC(CN3CC(C(C)C)C3)CC2)c1. The van der Waals surface area contributed by atoms with E-state index in [1.807, 2.05) is 11.8 Å². The average molecular weight is 333 g/mol. The second-order valence-electron chi connectivity index (χ2n) is 7.58. The minimum Gasteiger partial charge on any atom is -0.371 e. The van der Waals surface area contributed by atoms with E-state index in [2.05, 4.69) is 54.8 Å². The molecule has 3 rings (SSSR count). The molecule has 2 aliphatic rings. The van der Waals surface area contributed by atoms with Crippen LogP contribution in [0.5, 0.6) is 0 Å². The normalized spacial score (nSPS) is 21.0. The molecule has 1 aromatic rings. The van der Waals surface area contributed by atoms with Crippen LogP contribution in [0.15, 0.2) is 29.2 Å². The largest absolute Gasteiger partial charge is 0.371 e. The lowest BCUT2D eigenvalue weighted by Crippen LogP contribution is -2.51. The third-order valence-corrected chi connectivity index (χ3v) is 6.43. The molecular formula is C20H32N2S. The summed E-state index contributed by atoms with van der Waals surface area (Å²) in [5.41, 5.74) is 1.42. The number of anilines is 1. The highest BCUT2D eigenvalue weighted by Gasteiger charge is 2.31. The zero-order valence-corrected chi connectivity index (χ0v) is 15.8. The van der Waals surface area contributed by atoms with Gasteiger partial charge in [-0.3, -0.25) is 0 Å². The smallest absolute Gasteiger partial charge is 0.0377 e. The lowest BCUT2D eigenvalue weighted by molar-refractivity contribution is 0.0494. The first-order valence-electron chi connectivity index (χ1n) is 9.36. The van der Waals surface area contributed by atoms with Crippen molar-refractivity contribution in [2.75, 3.05) is 43.4 Å². The van der Waals surface area contributed by atoms with E-state index < -0.39 is 0 Å². The Balaban J connectivity index is 1.44. The molecule has 0 aliphatic carbocycles. The van der Waals surface area contributed by atoms with Gasteiger partial charge in [0.1, 0.15) is 0 Å². The van der Waals surface area contributed by atoms with Crippen molar-refractivity contribution in [1.29, 1.82) is 0 Å². The summed E-state index contributed by atoms with van der Waals surface area (Å²) in [6.07, 6.45) is 2.71. The molecule has 0 radical (unpaired) electrons. The van der Waals surface area contributed by atoms with E-state index in [0.29, 0.717) is 0 Å². The molecule has 3 heteroatoms. The number of hydrogen-bond acceptors (Lipinski definition) is 3. The number of nitrogens with zero attached hydrogens (tertiary/aromatic N) is 2. The Labute approximate surface area is 146 Å². The van der Waals surface area contributed by atoms with Crippen LogP contribution >= 0.6 is 11.8 Å². The molecule has 2 aliphatic heterocycles. The molecule has 2 nitrogen and oxygen atoms in total. The maximum Gasteiger partial charge on any atom is 0.0377 e. The Hall–Kier alpha value is -0.670. The number of hydrogen-bond donors (Lipinski definition) is 0. The second kappa shape index (κ2) is 7.94. The van der Waals surface area contributed by atoms with Gasteiger partial charge in [-0.05, 0) is 54.5 Å². The Bertz CT molecular complexity index is 488. The van der Waals surface area contributed by atoms with Gasteiger partial charge in [-0.25, -0.2) is 0 Å². The molecule has 0 amide bonds. The Morgan fingerprint density at radius 3 is 2.57 bits per heavy atom. The minimum atomic E-state index is 0.862. The summed E-state index contributed by atoms with van der Waals surface area (Å²) < 4.78 is 0. The molecule has 0 aromatic heterocycles. The molecule has 0 unspecified atom stereocenters. The fourth-order valence-corrected chi connectivity index (χ4v) is 4.57. The van der Waals surface area contributed by atoms with Gasteiger partial charge >= 0.3 is 0 Å². The van der Waals surface area contributed by atoms with Crippen molar-refractivity contribution >= 4 is 17.4 Å². The van der Waals surface area contributed by atoms with E-state index in [-0.39, 0.29) is 0 Å².